The van der Waals surface area contributed by atoms with Crippen LogP contribution in [0.3, 0.4) is 0 Å². The van der Waals surface area contributed by atoms with Gasteiger partial charge in [-0.15, -0.1) is 0 Å². The number of nitrogens with zero attached hydrogens (tertiary/aromatic N) is 1. The lowest BCUT2D eigenvalue weighted by Gasteiger charge is -2.18. The predicted octanol–water partition coefficient (Wildman–Crippen LogP) is 3.52. The number of carbonyl (C=O) groups excluding carboxylic acids is 3. The van der Waals surface area contributed by atoms with Crippen LogP contribution in [0.5, 0.6) is 5.75 Å². The number of rotatable bonds is 4. The zero-order chi connectivity index (χ0) is 18.1. The van der Waals surface area contributed by atoms with Crippen LogP contribution in [0.4, 0.5) is 0 Å². The number of amides is 2. The van der Waals surface area contributed by atoms with Crippen LogP contribution < -0.4 is 4.74 Å². The summed E-state index contributed by atoms with van der Waals surface area (Å²) in [5.74, 6) is -2.10. The Morgan fingerprint density at radius 2 is 1.64 bits per heavy atom. The van der Waals surface area contributed by atoms with E-state index >= 15 is 0 Å². The van der Waals surface area contributed by atoms with Gasteiger partial charge in [-0.2, -0.15) is 0 Å². The number of hydrogen-bond donors (Lipinski definition) is 0. The average molecular weight is 380 g/mol. The molecular weight excluding hydrogens is 369 g/mol. The van der Waals surface area contributed by atoms with E-state index in [1.807, 2.05) is 0 Å². The fourth-order valence-electron chi connectivity index (χ4n) is 2.22. The summed E-state index contributed by atoms with van der Waals surface area (Å²) in [6.45, 7) is 1.41. The molecule has 2 amide bonds. The van der Waals surface area contributed by atoms with E-state index in [-0.39, 0.29) is 21.9 Å². The van der Waals surface area contributed by atoms with Gasteiger partial charge >= 0.3 is 5.97 Å². The lowest BCUT2D eigenvalue weighted by atomic mass is 10.1. The molecule has 0 N–H and O–H groups in total. The van der Waals surface area contributed by atoms with Crippen LogP contribution in [-0.4, -0.2) is 29.0 Å². The number of carbonyl (C=O) groups is 3. The first kappa shape index (κ1) is 17.3. The molecule has 3 rings (SSSR count). The van der Waals surface area contributed by atoms with E-state index in [4.69, 9.17) is 32.8 Å². The Balaban J connectivity index is 1.70. The number of fused-ring (bicyclic) bond motifs is 1. The highest BCUT2D eigenvalue weighted by atomic mass is 35.5. The summed E-state index contributed by atoms with van der Waals surface area (Å²) in [7, 11) is 0. The topological polar surface area (TPSA) is 72.9 Å². The van der Waals surface area contributed by atoms with Crippen LogP contribution >= 0.6 is 23.2 Å². The van der Waals surface area contributed by atoms with E-state index in [9.17, 15) is 14.4 Å². The normalized spacial score (nSPS) is 14.3. The minimum Gasteiger partial charge on any atom is -0.477 e. The van der Waals surface area contributed by atoms with Gasteiger partial charge in [-0.05, 0) is 37.3 Å². The standard InChI is InChI=1S/C17H11Cl2NO5/c1-9(24-14-7-6-10(18)8-13(14)19)17(23)25-20-15(21)11-4-2-3-5-12(11)16(20)22/h2-9H,1H3. The van der Waals surface area contributed by atoms with E-state index in [2.05, 4.69) is 0 Å². The molecule has 0 saturated carbocycles. The second-order valence-electron chi connectivity index (χ2n) is 5.20. The molecule has 25 heavy (non-hydrogen) atoms. The van der Waals surface area contributed by atoms with Gasteiger partial charge in [0.2, 0.25) is 0 Å². The van der Waals surface area contributed by atoms with Crippen molar-refractivity contribution in [2.45, 2.75) is 13.0 Å². The maximum absolute atomic E-state index is 12.2. The minimum absolute atomic E-state index is 0.176. The van der Waals surface area contributed by atoms with Gasteiger partial charge in [0.05, 0.1) is 16.1 Å². The van der Waals surface area contributed by atoms with Gasteiger partial charge in [0.15, 0.2) is 6.10 Å². The van der Waals surface area contributed by atoms with Crippen molar-refractivity contribution >= 4 is 41.0 Å². The van der Waals surface area contributed by atoms with Crippen LogP contribution in [0, 0.1) is 0 Å². The van der Waals surface area contributed by atoms with Gasteiger partial charge in [-0.3, -0.25) is 9.59 Å². The molecule has 0 bridgehead atoms. The Kier molecular flexibility index (Phi) is 4.65. The molecule has 1 atom stereocenters. The maximum Gasteiger partial charge on any atom is 0.373 e. The summed E-state index contributed by atoms with van der Waals surface area (Å²) in [5.41, 5.74) is 0.351. The molecule has 2 aromatic rings. The van der Waals surface area contributed by atoms with Crippen molar-refractivity contribution < 1.29 is 24.0 Å². The Hall–Kier alpha value is -2.57. The Labute approximate surface area is 152 Å². The SMILES string of the molecule is CC(Oc1ccc(Cl)cc1Cl)C(=O)ON1C(=O)c2ccccc2C1=O. The Morgan fingerprint density at radius 1 is 1.04 bits per heavy atom. The van der Waals surface area contributed by atoms with Crippen LogP contribution in [0.15, 0.2) is 42.5 Å². The second-order valence-corrected chi connectivity index (χ2v) is 6.04. The van der Waals surface area contributed by atoms with Gasteiger partial charge in [0, 0.05) is 5.02 Å². The smallest absolute Gasteiger partial charge is 0.373 e. The molecule has 1 unspecified atom stereocenters. The number of hydrogen-bond acceptors (Lipinski definition) is 5. The summed E-state index contributed by atoms with van der Waals surface area (Å²) in [6.07, 6.45) is -1.11. The minimum atomic E-state index is -1.11. The van der Waals surface area contributed by atoms with Gasteiger partial charge in [-0.25, -0.2) is 4.79 Å². The fraction of sp³-hybridized carbons (Fsp3) is 0.118. The number of halogens is 2. The molecule has 0 fully saturated rings. The van der Waals surface area contributed by atoms with Crippen LogP contribution in [-0.2, 0) is 9.63 Å². The molecule has 0 saturated heterocycles. The molecule has 0 radical (unpaired) electrons. The molecule has 1 aliphatic rings. The summed E-state index contributed by atoms with van der Waals surface area (Å²) in [4.78, 5) is 41.4. The summed E-state index contributed by atoms with van der Waals surface area (Å²) in [6, 6.07) is 10.7. The third-order valence-corrected chi connectivity index (χ3v) is 4.00. The van der Waals surface area contributed by atoms with Crippen molar-refractivity contribution in [1.82, 2.24) is 5.06 Å². The molecular formula is C17H11Cl2NO5. The summed E-state index contributed by atoms with van der Waals surface area (Å²) < 4.78 is 5.41. The third kappa shape index (κ3) is 3.31. The second kappa shape index (κ2) is 6.74. The van der Waals surface area contributed by atoms with E-state index in [0.717, 1.165) is 0 Å². The van der Waals surface area contributed by atoms with Gasteiger partial charge in [0.1, 0.15) is 5.75 Å². The first-order valence-electron chi connectivity index (χ1n) is 7.20. The third-order valence-electron chi connectivity index (χ3n) is 3.47. The molecule has 0 aromatic heterocycles. The van der Waals surface area contributed by atoms with E-state index < -0.39 is 23.9 Å². The number of hydroxylamine groups is 2. The molecule has 0 aliphatic carbocycles. The molecule has 1 heterocycles. The van der Waals surface area contributed by atoms with Gasteiger partial charge in [0.25, 0.3) is 11.8 Å². The van der Waals surface area contributed by atoms with Gasteiger partial charge < -0.3 is 9.57 Å². The van der Waals surface area contributed by atoms with Crippen LogP contribution in [0.1, 0.15) is 27.6 Å². The molecule has 0 spiro atoms. The molecule has 2 aromatic carbocycles. The number of imide groups is 1. The summed E-state index contributed by atoms with van der Waals surface area (Å²) >= 11 is 11.8. The largest absolute Gasteiger partial charge is 0.477 e. The summed E-state index contributed by atoms with van der Waals surface area (Å²) in [5, 5.41) is 1.06. The Morgan fingerprint density at radius 3 is 2.20 bits per heavy atom. The molecule has 128 valence electrons. The van der Waals surface area contributed by atoms with Crippen molar-refractivity contribution in [3.63, 3.8) is 0 Å². The first-order valence-corrected chi connectivity index (χ1v) is 7.95. The van der Waals surface area contributed by atoms with E-state index in [0.29, 0.717) is 10.1 Å². The van der Waals surface area contributed by atoms with Crippen molar-refractivity contribution in [3.05, 3.63) is 63.6 Å². The average Bonchev–Trinajstić information content (AvgIpc) is 2.82. The quantitative estimate of drug-likeness (QED) is 0.759. The fourth-order valence-corrected chi connectivity index (χ4v) is 2.68. The zero-order valence-corrected chi connectivity index (χ0v) is 14.4. The molecule has 1 aliphatic heterocycles. The predicted molar refractivity (Wildman–Crippen MR) is 89.6 cm³/mol. The Bertz CT molecular complexity index is 848. The van der Waals surface area contributed by atoms with Crippen molar-refractivity contribution in [1.29, 1.82) is 0 Å². The highest BCUT2D eigenvalue weighted by molar-refractivity contribution is 6.35. The van der Waals surface area contributed by atoms with Crippen molar-refractivity contribution in [3.8, 4) is 5.75 Å². The van der Waals surface area contributed by atoms with Crippen molar-refractivity contribution in [2.75, 3.05) is 0 Å². The van der Waals surface area contributed by atoms with Crippen molar-refractivity contribution in [2.24, 2.45) is 0 Å². The first-order chi connectivity index (χ1) is 11.9. The number of benzene rings is 2. The molecule has 6 nitrogen and oxygen atoms in total. The number of ether oxygens (including phenoxy) is 1. The highest BCUT2D eigenvalue weighted by Crippen LogP contribution is 2.29. The van der Waals surface area contributed by atoms with Crippen LogP contribution in [0.25, 0.3) is 0 Å². The lowest BCUT2D eigenvalue weighted by molar-refractivity contribution is -0.176. The monoisotopic (exact) mass is 379 g/mol. The highest BCUT2D eigenvalue weighted by Gasteiger charge is 2.39. The van der Waals surface area contributed by atoms with Crippen LogP contribution in [0.2, 0.25) is 10.0 Å². The van der Waals surface area contributed by atoms with E-state index in [1.54, 1.807) is 18.2 Å². The lowest BCUT2D eigenvalue weighted by Crippen LogP contribution is -2.37. The molecule has 8 heteroatoms. The van der Waals surface area contributed by atoms with E-state index in [1.165, 1.54) is 31.2 Å². The van der Waals surface area contributed by atoms with Gasteiger partial charge in [-0.1, -0.05) is 40.4 Å². The maximum atomic E-state index is 12.2. The zero-order valence-electron chi connectivity index (χ0n) is 12.9.